The molecule has 3 aromatic carbocycles. The Kier molecular flexibility index (Phi) is 3.12. The Morgan fingerprint density at radius 2 is 1.59 bits per heavy atom. The van der Waals surface area contributed by atoms with Gasteiger partial charge in [0, 0.05) is 36.9 Å². The van der Waals surface area contributed by atoms with Crippen molar-refractivity contribution in [3.8, 4) is 43.9 Å². The van der Waals surface area contributed by atoms with Gasteiger partial charge < -0.3 is 15.2 Å². The summed E-state index contributed by atoms with van der Waals surface area (Å²) in [6.45, 7) is 0. The van der Waals surface area contributed by atoms with Crippen molar-refractivity contribution in [3.05, 3.63) is 59.5 Å². The van der Waals surface area contributed by atoms with Crippen LogP contribution in [0.4, 0.5) is 0 Å². The van der Waals surface area contributed by atoms with E-state index in [9.17, 15) is 0 Å². The van der Waals surface area contributed by atoms with E-state index in [0.29, 0.717) is 0 Å². The van der Waals surface area contributed by atoms with E-state index in [2.05, 4.69) is 61.2 Å². The molecule has 140 valence electrons. The molecule has 3 nitrogen and oxygen atoms in total. The van der Waals surface area contributed by atoms with E-state index in [1.807, 2.05) is 6.07 Å². The van der Waals surface area contributed by atoms with E-state index < -0.39 is 0 Å². The first-order chi connectivity index (χ1) is 14.2. The monoisotopic (exact) mass is 431 g/mol. The fourth-order valence-corrected chi connectivity index (χ4v) is 6.69. The van der Waals surface area contributed by atoms with Gasteiger partial charge in [0.15, 0.2) is 5.06 Å². The number of ether oxygens (including phenoxy) is 2. The number of rotatable bonds is 1. The van der Waals surface area contributed by atoms with Gasteiger partial charge in [-0.2, -0.15) is 12.6 Å². The molecule has 1 atom stereocenters. The minimum atomic E-state index is -0.315. The van der Waals surface area contributed by atoms with Crippen LogP contribution in [0, 0.1) is 0 Å². The first kappa shape index (κ1) is 16.3. The molecule has 0 unspecified atom stereocenters. The standard InChI is InChI=1S/C23H13NO2S3/c24-22(27)17-9-15-21(28-17)12-6-8-14-19-11(5-7-13(25-15)20(12)19)18-10-3-1-2-4-16(10)29-23(18)26-14/h1-9,22,27H,24H2/t22-/m0/s1. The predicted molar refractivity (Wildman–Crippen MR) is 124 cm³/mol. The maximum Gasteiger partial charge on any atom is 0.190 e. The van der Waals surface area contributed by atoms with Gasteiger partial charge >= 0.3 is 0 Å². The molecule has 0 aliphatic carbocycles. The van der Waals surface area contributed by atoms with Gasteiger partial charge in [-0.3, -0.25) is 0 Å². The number of thiophene rings is 2. The van der Waals surface area contributed by atoms with Crippen LogP contribution in [0.3, 0.4) is 0 Å². The highest BCUT2D eigenvalue weighted by Gasteiger charge is 2.31. The number of thiol groups is 1. The molecule has 0 spiro atoms. The number of nitrogens with two attached hydrogens (primary N) is 1. The Morgan fingerprint density at radius 1 is 0.828 bits per heavy atom. The highest BCUT2D eigenvalue weighted by atomic mass is 32.1. The Balaban J connectivity index is 1.59. The molecule has 0 saturated heterocycles. The van der Waals surface area contributed by atoms with Gasteiger partial charge in [-0.05, 0) is 42.0 Å². The summed E-state index contributed by atoms with van der Waals surface area (Å²) in [5.41, 5.74) is 9.55. The summed E-state index contributed by atoms with van der Waals surface area (Å²) < 4.78 is 13.9. The summed E-state index contributed by atoms with van der Waals surface area (Å²) in [6.07, 6.45) is 0. The molecule has 2 aliphatic rings. The van der Waals surface area contributed by atoms with Crippen molar-refractivity contribution in [2.24, 2.45) is 5.73 Å². The second kappa shape index (κ2) is 5.55. The van der Waals surface area contributed by atoms with Crippen molar-refractivity contribution in [2.45, 2.75) is 5.37 Å². The fraction of sp³-hybridized carbons (Fsp3) is 0.0435. The smallest absolute Gasteiger partial charge is 0.190 e. The summed E-state index contributed by atoms with van der Waals surface area (Å²) in [4.78, 5) is 2.10. The van der Waals surface area contributed by atoms with E-state index in [4.69, 9.17) is 15.2 Å². The zero-order valence-electron chi connectivity index (χ0n) is 14.9. The molecule has 7 rings (SSSR count). The van der Waals surface area contributed by atoms with E-state index in [1.165, 1.54) is 26.8 Å². The summed E-state index contributed by atoms with van der Waals surface area (Å²) >= 11 is 7.74. The molecule has 0 saturated carbocycles. The van der Waals surface area contributed by atoms with Crippen LogP contribution in [0.15, 0.2) is 54.6 Å². The molecule has 0 amide bonds. The maximum absolute atomic E-state index is 6.38. The molecule has 0 radical (unpaired) electrons. The van der Waals surface area contributed by atoms with Gasteiger partial charge in [0.1, 0.15) is 17.2 Å². The molecule has 29 heavy (non-hydrogen) atoms. The Labute approximate surface area is 179 Å². The van der Waals surface area contributed by atoms with Crippen LogP contribution in [-0.4, -0.2) is 0 Å². The van der Waals surface area contributed by atoms with Crippen LogP contribution in [-0.2, 0) is 0 Å². The Hall–Kier alpha value is -2.51. The Bertz CT molecular complexity index is 1500. The molecule has 4 heterocycles. The largest absolute Gasteiger partial charge is 0.455 e. The van der Waals surface area contributed by atoms with Crippen LogP contribution in [0.5, 0.6) is 22.3 Å². The number of fused-ring (bicyclic) bond motifs is 6. The first-order valence-corrected chi connectivity index (χ1v) is 11.4. The highest BCUT2D eigenvalue weighted by molar-refractivity contribution is 7.80. The van der Waals surface area contributed by atoms with Gasteiger partial charge in [0.2, 0.25) is 0 Å². The molecule has 0 bridgehead atoms. The van der Waals surface area contributed by atoms with Gasteiger partial charge in [0.05, 0.1) is 10.3 Å². The minimum Gasteiger partial charge on any atom is -0.455 e. The molecule has 5 aromatic rings. The third-order valence-corrected chi connectivity index (χ3v) is 8.33. The van der Waals surface area contributed by atoms with Crippen LogP contribution in [0.2, 0.25) is 0 Å². The van der Waals surface area contributed by atoms with Crippen LogP contribution in [0.1, 0.15) is 10.3 Å². The fourth-order valence-electron chi connectivity index (χ4n) is 4.37. The minimum absolute atomic E-state index is 0.315. The average molecular weight is 432 g/mol. The van der Waals surface area contributed by atoms with E-state index in [-0.39, 0.29) is 5.37 Å². The lowest BCUT2D eigenvalue weighted by molar-refractivity contribution is 0.486. The third-order valence-electron chi connectivity index (χ3n) is 5.59. The van der Waals surface area contributed by atoms with Crippen LogP contribution >= 0.6 is 35.3 Å². The summed E-state index contributed by atoms with van der Waals surface area (Å²) in [6, 6.07) is 18.9. The molecule has 2 N–H and O–H groups in total. The lowest BCUT2D eigenvalue weighted by Gasteiger charge is -2.24. The van der Waals surface area contributed by atoms with E-state index in [1.54, 1.807) is 22.7 Å². The zero-order chi connectivity index (χ0) is 19.3. The molecule has 0 fully saturated rings. The summed E-state index contributed by atoms with van der Waals surface area (Å²) in [7, 11) is 0. The molecule has 6 heteroatoms. The van der Waals surface area contributed by atoms with Gasteiger partial charge in [-0.1, -0.05) is 29.5 Å². The normalized spacial score (nSPS) is 14.3. The average Bonchev–Trinajstić information content (AvgIpc) is 3.32. The summed E-state index contributed by atoms with van der Waals surface area (Å²) in [5.74, 6) is 2.59. The van der Waals surface area contributed by atoms with Gasteiger partial charge in [0.25, 0.3) is 0 Å². The topological polar surface area (TPSA) is 44.5 Å². The second-order valence-corrected chi connectivity index (χ2v) is 9.88. The predicted octanol–water partition coefficient (Wildman–Crippen LogP) is 7.55. The quantitative estimate of drug-likeness (QED) is 0.208. The second-order valence-electron chi connectivity index (χ2n) is 7.22. The number of hydrogen-bond acceptors (Lipinski definition) is 6. The zero-order valence-corrected chi connectivity index (χ0v) is 17.5. The number of benzene rings is 3. The van der Waals surface area contributed by atoms with Crippen molar-refractivity contribution in [3.63, 3.8) is 0 Å². The first-order valence-electron chi connectivity index (χ1n) is 9.24. The number of hydrogen-bond donors (Lipinski definition) is 2. The molecular formula is C23H13NO2S3. The molecule has 2 aromatic heterocycles. The highest BCUT2D eigenvalue weighted by Crippen LogP contribution is 2.59. The maximum atomic E-state index is 6.38. The van der Waals surface area contributed by atoms with Gasteiger partial charge in [-0.15, -0.1) is 11.3 Å². The van der Waals surface area contributed by atoms with Crippen molar-refractivity contribution < 1.29 is 9.47 Å². The van der Waals surface area contributed by atoms with Crippen molar-refractivity contribution in [2.75, 3.05) is 0 Å². The lowest BCUT2D eigenvalue weighted by Crippen LogP contribution is -2.00. The van der Waals surface area contributed by atoms with E-state index >= 15 is 0 Å². The molecular weight excluding hydrogens is 418 g/mol. The summed E-state index contributed by atoms with van der Waals surface area (Å²) in [5, 5.41) is 4.10. The van der Waals surface area contributed by atoms with Gasteiger partial charge in [-0.25, -0.2) is 0 Å². The lowest BCUT2D eigenvalue weighted by atomic mass is 9.91. The molecule has 2 aliphatic heterocycles. The van der Waals surface area contributed by atoms with Crippen molar-refractivity contribution in [1.82, 2.24) is 0 Å². The van der Waals surface area contributed by atoms with E-state index in [0.717, 1.165) is 42.8 Å². The SMILES string of the molecule is N[C@@H](S)c1cc2c(s1)-c1ccc3c4c(ccc(c14)O2)-c1c(sc2ccccc12)O3. The van der Waals surface area contributed by atoms with Crippen LogP contribution < -0.4 is 15.2 Å². The van der Waals surface area contributed by atoms with Crippen molar-refractivity contribution in [1.29, 1.82) is 0 Å². The van der Waals surface area contributed by atoms with Crippen LogP contribution in [0.25, 0.3) is 42.4 Å². The Morgan fingerprint density at radius 3 is 2.45 bits per heavy atom. The van der Waals surface area contributed by atoms with Crippen molar-refractivity contribution >= 4 is 56.2 Å². The third kappa shape index (κ3) is 2.07.